The van der Waals surface area contributed by atoms with Crippen LogP contribution < -0.4 is 14.2 Å². The van der Waals surface area contributed by atoms with Gasteiger partial charge in [0.2, 0.25) is 11.7 Å². The first-order chi connectivity index (χ1) is 15.6. The maximum atomic E-state index is 6.11. The molecule has 8 nitrogen and oxygen atoms in total. The summed E-state index contributed by atoms with van der Waals surface area (Å²) in [4.78, 5) is 13.5. The molecule has 0 radical (unpaired) electrons. The quantitative estimate of drug-likeness (QED) is 0.368. The van der Waals surface area contributed by atoms with E-state index < -0.39 is 0 Å². The van der Waals surface area contributed by atoms with Crippen LogP contribution >= 0.6 is 11.6 Å². The molecular weight excluding hydrogens is 432 g/mol. The number of nitrogens with zero attached hydrogens (tertiary/aromatic N) is 4. The van der Waals surface area contributed by atoms with Crippen LogP contribution in [0, 0.1) is 0 Å². The Morgan fingerprint density at radius 2 is 1.78 bits per heavy atom. The van der Waals surface area contributed by atoms with E-state index in [0.717, 1.165) is 17.7 Å². The fourth-order valence-corrected chi connectivity index (χ4v) is 3.30. The van der Waals surface area contributed by atoms with Crippen molar-refractivity contribution in [2.45, 2.75) is 20.0 Å². The summed E-state index contributed by atoms with van der Waals surface area (Å²) in [6.45, 7) is 2.06. The van der Waals surface area contributed by atoms with Crippen LogP contribution in [0.4, 0.5) is 0 Å². The van der Waals surface area contributed by atoms with E-state index in [1.54, 1.807) is 32.4 Å². The molecular formula is C23H21ClN4O4. The maximum Gasteiger partial charge on any atom is 0.264 e. The van der Waals surface area contributed by atoms with E-state index in [-0.39, 0.29) is 6.61 Å². The summed E-state index contributed by atoms with van der Waals surface area (Å²) in [6, 6.07) is 14.6. The van der Waals surface area contributed by atoms with Crippen LogP contribution in [0.2, 0.25) is 5.02 Å². The van der Waals surface area contributed by atoms with Crippen molar-refractivity contribution in [3.05, 3.63) is 65.1 Å². The van der Waals surface area contributed by atoms with Gasteiger partial charge in [-0.25, -0.2) is 4.98 Å². The van der Waals surface area contributed by atoms with Gasteiger partial charge in [0.15, 0.2) is 23.9 Å². The van der Waals surface area contributed by atoms with Crippen LogP contribution in [-0.4, -0.2) is 34.3 Å². The van der Waals surface area contributed by atoms with Crippen molar-refractivity contribution in [1.29, 1.82) is 0 Å². The molecule has 0 aliphatic heterocycles. The molecule has 0 amide bonds. The Kier molecular flexibility index (Phi) is 6.51. The van der Waals surface area contributed by atoms with Gasteiger partial charge in [-0.3, -0.25) is 0 Å². The molecule has 0 N–H and O–H groups in total. The first-order valence-electron chi connectivity index (χ1n) is 9.92. The van der Waals surface area contributed by atoms with E-state index in [4.69, 9.17) is 30.3 Å². The molecule has 0 aliphatic rings. The largest absolute Gasteiger partial charge is 0.493 e. The van der Waals surface area contributed by atoms with E-state index in [2.05, 4.69) is 20.1 Å². The number of hydrogen-bond donors (Lipinski definition) is 0. The summed E-state index contributed by atoms with van der Waals surface area (Å²) >= 11 is 6.11. The van der Waals surface area contributed by atoms with E-state index in [1.807, 2.05) is 37.3 Å². The Balaban J connectivity index is 1.55. The zero-order valence-electron chi connectivity index (χ0n) is 17.8. The summed E-state index contributed by atoms with van der Waals surface area (Å²) in [5.41, 5.74) is 2.31. The van der Waals surface area contributed by atoms with Crippen molar-refractivity contribution in [2.24, 2.45) is 0 Å². The predicted molar refractivity (Wildman–Crippen MR) is 119 cm³/mol. The van der Waals surface area contributed by atoms with Gasteiger partial charge < -0.3 is 18.7 Å². The lowest BCUT2D eigenvalue weighted by atomic mass is 10.1. The molecule has 0 aliphatic carbocycles. The monoisotopic (exact) mass is 452 g/mol. The van der Waals surface area contributed by atoms with Gasteiger partial charge in [0.1, 0.15) is 0 Å². The van der Waals surface area contributed by atoms with E-state index in [9.17, 15) is 0 Å². The Bertz CT molecular complexity index is 1230. The Morgan fingerprint density at radius 1 is 0.938 bits per heavy atom. The number of hydrogen-bond acceptors (Lipinski definition) is 8. The number of ether oxygens (including phenoxy) is 3. The maximum absolute atomic E-state index is 6.11. The summed E-state index contributed by atoms with van der Waals surface area (Å²) in [5.74, 6) is 2.72. The van der Waals surface area contributed by atoms with Gasteiger partial charge in [0.05, 0.1) is 19.8 Å². The van der Waals surface area contributed by atoms with Gasteiger partial charge in [-0.1, -0.05) is 41.9 Å². The highest BCUT2D eigenvalue weighted by Gasteiger charge is 2.17. The average Bonchev–Trinajstić information content (AvgIpc) is 3.30. The molecule has 2 aromatic heterocycles. The van der Waals surface area contributed by atoms with Crippen molar-refractivity contribution in [1.82, 2.24) is 20.1 Å². The number of para-hydroxylation sites is 1. The second kappa shape index (κ2) is 9.65. The van der Waals surface area contributed by atoms with Crippen LogP contribution in [0.3, 0.4) is 0 Å². The van der Waals surface area contributed by atoms with Crippen molar-refractivity contribution in [3.63, 3.8) is 0 Å². The normalized spacial score (nSPS) is 10.8. The molecule has 0 unspecified atom stereocenters. The molecule has 0 spiro atoms. The Hall–Kier alpha value is -3.65. The molecule has 0 atom stereocenters. The number of aromatic nitrogens is 4. The summed E-state index contributed by atoms with van der Waals surface area (Å²) in [7, 11) is 3.13. The smallest absolute Gasteiger partial charge is 0.264 e. The van der Waals surface area contributed by atoms with E-state index in [0.29, 0.717) is 45.5 Å². The minimum Gasteiger partial charge on any atom is -0.493 e. The highest BCUT2D eigenvalue weighted by atomic mass is 35.5. The van der Waals surface area contributed by atoms with Crippen molar-refractivity contribution in [2.75, 3.05) is 14.2 Å². The second-order valence-electron chi connectivity index (χ2n) is 6.73. The number of aryl methyl sites for hydroxylation is 1. The average molecular weight is 453 g/mol. The van der Waals surface area contributed by atoms with Gasteiger partial charge in [-0.2, -0.15) is 9.97 Å². The molecule has 9 heteroatoms. The van der Waals surface area contributed by atoms with Crippen molar-refractivity contribution < 1.29 is 18.7 Å². The standard InChI is InChI=1S/C23H21ClN4O4/c1-4-16-12-19(26-22(25-16)14-7-5-8-15(24)11-14)31-13-20-27-23(28-32-20)17-9-6-10-18(29-2)21(17)30-3/h5-12H,4,13H2,1-3H3. The number of rotatable bonds is 8. The van der Waals surface area contributed by atoms with Gasteiger partial charge in [-0.05, 0) is 30.7 Å². The molecule has 164 valence electrons. The first-order valence-corrected chi connectivity index (χ1v) is 10.3. The fraction of sp³-hybridized carbons (Fsp3) is 0.217. The zero-order chi connectivity index (χ0) is 22.5. The molecule has 2 aromatic carbocycles. The SMILES string of the molecule is CCc1cc(OCc2nc(-c3cccc(OC)c3OC)no2)nc(-c2cccc(Cl)c2)n1. The van der Waals surface area contributed by atoms with Crippen LogP contribution in [0.15, 0.2) is 53.1 Å². The number of methoxy groups -OCH3 is 2. The minimum absolute atomic E-state index is 0.0500. The van der Waals surface area contributed by atoms with Crippen LogP contribution in [0.1, 0.15) is 18.5 Å². The summed E-state index contributed by atoms with van der Waals surface area (Å²) in [6.07, 6.45) is 0.729. The molecule has 32 heavy (non-hydrogen) atoms. The van der Waals surface area contributed by atoms with Crippen LogP contribution in [0.25, 0.3) is 22.8 Å². The highest BCUT2D eigenvalue weighted by Crippen LogP contribution is 2.36. The lowest BCUT2D eigenvalue weighted by molar-refractivity contribution is 0.235. The molecule has 0 bridgehead atoms. The second-order valence-corrected chi connectivity index (χ2v) is 7.16. The van der Waals surface area contributed by atoms with Crippen molar-refractivity contribution in [3.8, 4) is 40.2 Å². The third kappa shape index (κ3) is 4.65. The van der Waals surface area contributed by atoms with Gasteiger partial charge in [0.25, 0.3) is 5.89 Å². The Morgan fingerprint density at radius 3 is 2.53 bits per heavy atom. The van der Waals surface area contributed by atoms with Crippen molar-refractivity contribution >= 4 is 11.6 Å². The van der Waals surface area contributed by atoms with E-state index in [1.165, 1.54) is 0 Å². The van der Waals surface area contributed by atoms with E-state index >= 15 is 0 Å². The van der Waals surface area contributed by atoms with Gasteiger partial charge >= 0.3 is 0 Å². The molecule has 2 heterocycles. The number of benzene rings is 2. The first kappa shape index (κ1) is 21.6. The third-order valence-electron chi connectivity index (χ3n) is 4.66. The summed E-state index contributed by atoms with van der Waals surface area (Å²) < 4.78 is 22.0. The lowest BCUT2D eigenvalue weighted by Gasteiger charge is -2.09. The predicted octanol–water partition coefficient (Wildman–Crippen LogP) is 5.01. The Labute approximate surface area is 190 Å². The highest BCUT2D eigenvalue weighted by molar-refractivity contribution is 6.30. The van der Waals surface area contributed by atoms with Crippen LogP contribution in [0.5, 0.6) is 17.4 Å². The molecule has 0 saturated carbocycles. The summed E-state index contributed by atoms with van der Waals surface area (Å²) in [5, 5.41) is 4.66. The molecule has 0 fully saturated rings. The number of halogens is 1. The molecule has 4 aromatic rings. The topological polar surface area (TPSA) is 92.4 Å². The van der Waals surface area contributed by atoms with Crippen LogP contribution in [-0.2, 0) is 13.0 Å². The molecule has 0 saturated heterocycles. The lowest BCUT2D eigenvalue weighted by Crippen LogP contribution is -2.02. The van der Waals surface area contributed by atoms with Gasteiger partial charge in [-0.15, -0.1) is 0 Å². The van der Waals surface area contributed by atoms with Gasteiger partial charge in [0, 0.05) is 22.3 Å². The minimum atomic E-state index is 0.0500. The zero-order valence-corrected chi connectivity index (χ0v) is 18.6. The third-order valence-corrected chi connectivity index (χ3v) is 4.89. The molecule has 4 rings (SSSR count). The fourth-order valence-electron chi connectivity index (χ4n) is 3.11.